The first-order valence-electron chi connectivity index (χ1n) is 5.30. The Morgan fingerprint density at radius 3 is 2.53 bits per heavy atom. The van der Waals surface area contributed by atoms with Crippen LogP contribution in [0.3, 0.4) is 0 Å². The van der Waals surface area contributed by atoms with E-state index in [9.17, 15) is 0 Å². The van der Waals surface area contributed by atoms with Gasteiger partial charge in [-0.2, -0.15) is 0 Å². The van der Waals surface area contributed by atoms with Crippen molar-refractivity contribution in [2.24, 2.45) is 0 Å². The van der Waals surface area contributed by atoms with Crippen LogP contribution in [0.25, 0.3) is 0 Å². The van der Waals surface area contributed by atoms with Crippen LogP contribution in [0.4, 0.5) is 5.69 Å². The lowest BCUT2D eigenvalue weighted by Gasteiger charge is -2.29. The Hall–Kier alpha value is -0.960. The second-order valence-corrected chi connectivity index (χ2v) is 4.63. The van der Waals surface area contributed by atoms with Gasteiger partial charge in [-0.25, -0.2) is 0 Å². The minimum atomic E-state index is 0.762. The lowest BCUT2D eigenvalue weighted by atomic mass is 10.1. The van der Waals surface area contributed by atoms with Crippen molar-refractivity contribution in [1.82, 2.24) is 0 Å². The van der Waals surface area contributed by atoms with Crippen molar-refractivity contribution in [3.05, 3.63) is 24.3 Å². The standard InChI is InChI=1S/C12H16N2S/c1-15-11-7-5-10(6-8-11)14-9-3-2-4-12(14)13/h5-8,13H,2-4,9H2,1H3. The number of thioether (sulfide) groups is 1. The monoisotopic (exact) mass is 220 g/mol. The van der Waals surface area contributed by atoms with Crippen molar-refractivity contribution in [2.45, 2.75) is 24.2 Å². The quantitative estimate of drug-likeness (QED) is 0.774. The summed E-state index contributed by atoms with van der Waals surface area (Å²) in [5, 5.41) is 7.90. The first-order valence-corrected chi connectivity index (χ1v) is 6.53. The van der Waals surface area contributed by atoms with E-state index in [2.05, 4.69) is 35.4 Å². The highest BCUT2D eigenvalue weighted by atomic mass is 32.2. The van der Waals surface area contributed by atoms with E-state index in [0.29, 0.717) is 0 Å². The number of rotatable bonds is 2. The third kappa shape index (κ3) is 2.34. The summed E-state index contributed by atoms with van der Waals surface area (Å²) in [6.07, 6.45) is 5.37. The predicted molar refractivity (Wildman–Crippen MR) is 67.1 cm³/mol. The maximum atomic E-state index is 7.90. The van der Waals surface area contributed by atoms with Crippen LogP contribution in [0.2, 0.25) is 0 Å². The molecule has 1 aromatic rings. The van der Waals surface area contributed by atoms with Crippen molar-refractivity contribution in [1.29, 1.82) is 5.41 Å². The minimum Gasteiger partial charge on any atom is -0.330 e. The average molecular weight is 220 g/mol. The van der Waals surface area contributed by atoms with Gasteiger partial charge < -0.3 is 4.90 Å². The molecule has 15 heavy (non-hydrogen) atoms. The number of nitrogens with zero attached hydrogens (tertiary/aromatic N) is 1. The summed E-state index contributed by atoms with van der Waals surface area (Å²) in [6, 6.07) is 8.49. The van der Waals surface area contributed by atoms with Crippen LogP contribution >= 0.6 is 11.8 Å². The smallest absolute Gasteiger partial charge is 0.100 e. The molecule has 0 atom stereocenters. The molecule has 2 rings (SSSR count). The predicted octanol–water partition coefficient (Wildman–Crippen LogP) is 3.38. The van der Waals surface area contributed by atoms with E-state index in [4.69, 9.17) is 5.41 Å². The van der Waals surface area contributed by atoms with E-state index in [1.54, 1.807) is 11.8 Å². The van der Waals surface area contributed by atoms with Gasteiger partial charge in [0.2, 0.25) is 0 Å². The fourth-order valence-electron chi connectivity index (χ4n) is 1.88. The van der Waals surface area contributed by atoms with Crippen molar-refractivity contribution in [3.8, 4) is 0 Å². The third-order valence-electron chi connectivity index (χ3n) is 2.76. The van der Waals surface area contributed by atoms with Crippen LogP contribution in [0, 0.1) is 5.41 Å². The van der Waals surface area contributed by atoms with Crippen molar-refractivity contribution in [2.75, 3.05) is 17.7 Å². The van der Waals surface area contributed by atoms with Crippen LogP contribution < -0.4 is 4.90 Å². The highest BCUT2D eigenvalue weighted by molar-refractivity contribution is 7.98. The van der Waals surface area contributed by atoms with Gasteiger partial charge >= 0.3 is 0 Å². The number of amidine groups is 1. The van der Waals surface area contributed by atoms with Crippen LogP contribution in [0.5, 0.6) is 0 Å². The molecule has 1 aliphatic rings. The van der Waals surface area contributed by atoms with E-state index in [-0.39, 0.29) is 0 Å². The van der Waals surface area contributed by atoms with Crippen LogP contribution in [-0.2, 0) is 0 Å². The Labute approximate surface area is 95.2 Å². The fourth-order valence-corrected chi connectivity index (χ4v) is 2.29. The Morgan fingerprint density at radius 1 is 1.20 bits per heavy atom. The number of nitrogens with one attached hydrogen (secondary N) is 1. The van der Waals surface area contributed by atoms with Gasteiger partial charge in [0.25, 0.3) is 0 Å². The summed E-state index contributed by atoms with van der Waals surface area (Å²) in [5.74, 6) is 0.762. The number of hydrogen-bond acceptors (Lipinski definition) is 2. The molecular weight excluding hydrogens is 204 g/mol. The normalized spacial score (nSPS) is 16.9. The molecule has 1 aliphatic heterocycles. The SMILES string of the molecule is CSc1ccc(N2CCCCC2=N)cc1. The van der Waals surface area contributed by atoms with Gasteiger partial charge in [-0.1, -0.05) is 0 Å². The topological polar surface area (TPSA) is 27.1 Å². The molecule has 2 nitrogen and oxygen atoms in total. The molecule has 1 heterocycles. The van der Waals surface area contributed by atoms with Gasteiger partial charge in [0.15, 0.2) is 0 Å². The number of benzene rings is 1. The molecule has 1 N–H and O–H groups in total. The molecule has 1 aromatic carbocycles. The van der Waals surface area contributed by atoms with Crippen molar-refractivity contribution < 1.29 is 0 Å². The van der Waals surface area contributed by atoms with E-state index < -0.39 is 0 Å². The van der Waals surface area contributed by atoms with Gasteiger partial charge in [-0.3, -0.25) is 5.41 Å². The molecule has 1 fully saturated rings. The molecule has 0 saturated carbocycles. The highest BCUT2D eigenvalue weighted by Crippen LogP contribution is 2.23. The van der Waals surface area contributed by atoms with Gasteiger partial charge in [-0.05, 0) is 43.4 Å². The Morgan fingerprint density at radius 2 is 1.93 bits per heavy atom. The van der Waals surface area contributed by atoms with Crippen molar-refractivity contribution in [3.63, 3.8) is 0 Å². The molecule has 1 saturated heterocycles. The zero-order valence-corrected chi connectivity index (χ0v) is 9.81. The zero-order chi connectivity index (χ0) is 10.7. The molecule has 80 valence electrons. The summed E-state index contributed by atoms with van der Waals surface area (Å²) in [7, 11) is 0. The van der Waals surface area contributed by atoms with Crippen molar-refractivity contribution >= 4 is 23.3 Å². The van der Waals surface area contributed by atoms with E-state index in [1.807, 2.05) is 0 Å². The third-order valence-corrected chi connectivity index (χ3v) is 3.50. The van der Waals surface area contributed by atoms with E-state index in [0.717, 1.165) is 30.9 Å². The van der Waals surface area contributed by atoms with Gasteiger partial charge in [-0.15, -0.1) is 11.8 Å². The van der Waals surface area contributed by atoms with E-state index in [1.165, 1.54) is 11.3 Å². The second-order valence-electron chi connectivity index (χ2n) is 3.75. The van der Waals surface area contributed by atoms with Crippen LogP contribution in [0.1, 0.15) is 19.3 Å². The largest absolute Gasteiger partial charge is 0.330 e. The molecule has 0 radical (unpaired) electrons. The molecule has 0 aromatic heterocycles. The molecule has 0 spiro atoms. The summed E-state index contributed by atoms with van der Waals surface area (Å²) >= 11 is 1.75. The maximum Gasteiger partial charge on any atom is 0.100 e. The van der Waals surface area contributed by atoms with Gasteiger partial charge in [0, 0.05) is 23.5 Å². The average Bonchev–Trinajstić information content (AvgIpc) is 2.30. The molecular formula is C12H16N2S. The second kappa shape index (κ2) is 4.71. The summed E-state index contributed by atoms with van der Waals surface area (Å²) in [4.78, 5) is 3.40. The Bertz CT molecular complexity index is 345. The Kier molecular flexibility index (Phi) is 3.31. The number of piperidine rings is 1. The summed E-state index contributed by atoms with van der Waals surface area (Å²) < 4.78 is 0. The molecule has 0 aliphatic carbocycles. The molecule has 0 bridgehead atoms. The fraction of sp³-hybridized carbons (Fsp3) is 0.417. The first-order chi connectivity index (χ1) is 7.31. The lowest BCUT2D eigenvalue weighted by Crippen LogP contribution is -2.34. The highest BCUT2D eigenvalue weighted by Gasteiger charge is 2.15. The van der Waals surface area contributed by atoms with Gasteiger partial charge in [0.05, 0.1) is 0 Å². The summed E-state index contributed by atoms with van der Waals surface area (Å²) in [5.41, 5.74) is 1.16. The van der Waals surface area contributed by atoms with Crippen LogP contribution in [0.15, 0.2) is 29.2 Å². The van der Waals surface area contributed by atoms with E-state index >= 15 is 0 Å². The number of anilines is 1. The maximum absolute atomic E-state index is 7.90. The molecule has 0 unspecified atom stereocenters. The Balaban J connectivity index is 2.17. The van der Waals surface area contributed by atoms with Gasteiger partial charge in [0.1, 0.15) is 5.84 Å². The molecule has 0 amide bonds. The number of hydrogen-bond donors (Lipinski definition) is 1. The zero-order valence-electron chi connectivity index (χ0n) is 8.99. The lowest BCUT2D eigenvalue weighted by molar-refractivity contribution is 0.707. The van der Waals surface area contributed by atoms with Crippen LogP contribution in [-0.4, -0.2) is 18.6 Å². The summed E-state index contributed by atoms with van der Waals surface area (Å²) in [6.45, 7) is 0.997. The first kappa shape index (κ1) is 10.6. The molecule has 3 heteroatoms. The minimum absolute atomic E-state index is 0.762.